The maximum absolute atomic E-state index is 11.8. The number of nitrogens with zero attached hydrogens (tertiary/aromatic N) is 2. The van der Waals surface area contributed by atoms with Crippen molar-refractivity contribution < 1.29 is 9.59 Å². The lowest BCUT2D eigenvalue weighted by molar-refractivity contribution is -0.117. The summed E-state index contributed by atoms with van der Waals surface area (Å²) >= 11 is 1.24. The average Bonchev–Trinajstić information content (AvgIpc) is 2.80. The highest BCUT2D eigenvalue weighted by molar-refractivity contribution is 7.20. The van der Waals surface area contributed by atoms with Crippen molar-refractivity contribution in [2.75, 3.05) is 31.3 Å². The molecule has 0 saturated carbocycles. The first kappa shape index (κ1) is 16.1. The molecule has 0 saturated heterocycles. The first-order valence-corrected chi connectivity index (χ1v) is 7.56. The molecule has 0 radical (unpaired) electrons. The van der Waals surface area contributed by atoms with Crippen LogP contribution in [0.15, 0.2) is 30.3 Å². The van der Waals surface area contributed by atoms with Gasteiger partial charge in [-0.3, -0.25) is 9.59 Å². The van der Waals surface area contributed by atoms with Crippen LogP contribution in [0.4, 0.5) is 10.1 Å². The zero-order valence-electron chi connectivity index (χ0n) is 12.7. The summed E-state index contributed by atoms with van der Waals surface area (Å²) in [5, 5.41) is 6.61. The van der Waals surface area contributed by atoms with Crippen LogP contribution in [0, 0.1) is 0 Å². The lowest BCUT2D eigenvalue weighted by Crippen LogP contribution is -2.26. The normalized spacial score (nSPS) is 10.5. The Morgan fingerprint density at radius 3 is 2.45 bits per heavy atom. The molecule has 0 aliphatic carbocycles. The molecule has 0 aliphatic heterocycles. The predicted octanol–water partition coefficient (Wildman–Crippen LogP) is 2.27. The number of carbonyl (C=O) groups is 2. The summed E-state index contributed by atoms with van der Waals surface area (Å²) < 4.78 is 0. The molecule has 0 fully saturated rings. The van der Waals surface area contributed by atoms with Crippen molar-refractivity contribution in [2.45, 2.75) is 6.92 Å². The van der Waals surface area contributed by atoms with Crippen LogP contribution >= 0.6 is 11.3 Å². The smallest absolute Gasteiger partial charge is 0.240 e. The number of hydrogen-bond acceptors (Lipinski definition) is 5. The Kier molecular flexibility index (Phi) is 5.24. The van der Waals surface area contributed by atoms with E-state index in [2.05, 4.69) is 15.6 Å². The van der Waals surface area contributed by atoms with Crippen molar-refractivity contribution in [1.29, 1.82) is 0 Å². The van der Waals surface area contributed by atoms with Gasteiger partial charge in [-0.15, -0.1) is 0 Å². The summed E-state index contributed by atoms with van der Waals surface area (Å²) in [4.78, 5) is 29.4. The number of likely N-dealkylation sites (N-methyl/N-ethyl adjacent to an activating group) is 1. The van der Waals surface area contributed by atoms with E-state index in [9.17, 15) is 9.59 Å². The van der Waals surface area contributed by atoms with Gasteiger partial charge in [-0.25, -0.2) is 4.98 Å². The lowest BCUT2D eigenvalue weighted by Gasteiger charge is -2.07. The van der Waals surface area contributed by atoms with Crippen LogP contribution in [0.3, 0.4) is 0 Å². The fourth-order valence-electron chi connectivity index (χ4n) is 1.86. The Bertz CT molecular complexity index is 667. The summed E-state index contributed by atoms with van der Waals surface area (Å²) in [5.41, 5.74) is 1.54. The minimum absolute atomic E-state index is 0.146. The third-order valence-corrected chi connectivity index (χ3v) is 3.56. The van der Waals surface area contributed by atoms with E-state index in [-0.39, 0.29) is 18.4 Å². The molecule has 7 heteroatoms. The van der Waals surface area contributed by atoms with Gasteiger partial charge in [0.1, 0.15) is 10.7 Å². The molecule has 0 aliphatic rings. The fourth-order valence-corrected chi connectivity index (χ4v) is 2.81. The molecule has 2 aromatic rings. The molecule has 1 aromatic heterocycles. The molecule has 0 spiro atoms. The Hall–Kier alpha value is -2.25. The molecular formula is C15H18N4O2S. The van der Waals surface area contributed by atoms with Crippen molar-refractivity contribution in [3.8, 4) is 11.3 Å². The maximum atomic E-state index is 11.8. The van der Waals surface area contributed by atoms with Gasteiger partial charge in [0.15, 0.2) is 5.13 Å². The molecule has 0 bridgehead atoms. The van der Waals surface area contributed by atoms with Gasteiger partial charge in [0, 0.05) is 12.5 Å². The van der Waals surface area contributed by atoms with Crippen LogP contribution < -0.4 is 10.6 Å². The fraction of sp³-hybridized carbons (Fsp3) is 0.267. The van der Waals surface area contributed by atoms with E-state index in [1.54, 1.807) is 4.90 Å². The average molecular weight is 318 g/mol. The number of hydrogen-bond donors (Lipinski definition) is 2. The van der Waals surface area contributed by atoms with Gasteiger partial charge < -0.3 is 15.5 Å². The predicted molar refractivity (Wildman–Crippen MR) is 89.0 cm³/mol. The SMILES string of the molecule is CC(=O)Nc1sc(NC(=O)CN(C)C)nc1-c1ccccc1. The zero-order chi connectivity index (χ0) is 16.1. The van der Waals surface area contributed by atoms with Gasteiger partial charge in [-0.1, -0.05) is 41.7 Å². The molecule has 2 rings (SSSR count). The highest BCUT2D eigenvalue weighted by Crippen LogP contribution is 2.35. The Balaban J connectivity index is 2.28. The number of amides is 2. The third-order valence-electron chi connectivity index (χ3n) is 2.67. The molecule has 2 N–H and O–H groups in total. The third kappa shape index (κ3) is 4.37. The molecule has 2 amide bonds. The van der Waals surface area contributed by atoms with Crippen LogP contribution in [0.25, 0.3) is 11.3 Å². The summed E-state index contributed by atoms with van der Waals surface area (Å²) in [5.74, 6) is -0.320. The highest BCUT2D eigenvalue weighted by atomic mass is 32.1. The van der Waals surface area contributed by atoms with Crippen molar-refractivity contribution in [1.82, 2.24) is 9.88 Å². The molecule has 0 atom stereocenters. The van der Waals surface area contributed by atoms with E-state index >= 15 is 0 Å². The number of rotatable bonds is 5. The summed E-state index contributed by atoms with van der Waals surface area (Å²) in [7, 11) is 3.64. The zero-order valence-corrected chi connectivity index (χ0v) is 13.5. The standard InChI is InChI=1S/C15H18N4O2S/c1-10(20)16-14-13(11-7-5-4-6-8-11)18-15(22-14)17-12(21)9-19(2)3/h4-8H,9H2,1-3H3,(H,16,20)(H,17,18,21). The highest BCUT2D eigenvalue weighted by Gasteiger charge is 2.15. The molecule has 116 valence electrons. The lowest BCUT2D eigenvalue weighted by atomic mass is 10.2. The van der Waals surface area contributed by atoms with Crippen molar-refractivity contribution >= 4 is 33.3 Å². The van der Waals surface area contributed by atoms with Crippen molar-refractivity contribution in [3.05, 3.63) is 30.3 Å². The van der Waals surface area contributed by atoms with E-state index in [0.29, 0.717) is 15.8 Å². The van der Waals surface area contributed by atoms with E-state index in [1.807, 2.05) is 44.4 Å². The van der Waals surface area contributed by atoms with Gasteiger partial charge >= 0.3 is 0 Å². The van der Waals surface area contributed by atoms with Gasteiger partial charge in [0.2, 0.25) is 11.8 Å². The largest absolute Gasteiger partial charge is 0.316 e. The maximum Gasteiger partial charge on any atom is 0.240 e. The number of carbonyl (C=O) groups excluding carboxylic acids is 2. The quantitative estimate of drug-likeness (QED) is 0.887. The summed E-state index contributed by atoms with van der Waals surface area (Å²) in [6, 6.07) is 9.53. The van der Waals surface area contributed by atoms with E-state index in [4.69, 9.17) is 0 Å². The van der Waals surface area contributed by atoms with Gasteiger partial charge in [-0.2, -0.15) is 0 Å². The van der Waals surface area contributed by atoms with Gasteiger partial charge in [0.05, 0.1) is 6.54 Å². The number of anilines is 2. The molecule has 1 heterocycles. The minimum Gasteiger partial charge on any atom is -0.316 e. The number of thiazole rings is 1. The van der Waals surface area contributed by atoms with Crippen LogP contribution in [0.1, 0.15) is 6.92 Å². The second-order valence-electron chi connectivity index (χ2n) is 5.03. The first-order chi connectivity index (χ1) is 10.5. The molecule has 1 aromatic carbocycles. The van der Waals surface area contributed by atoms with Crippen molar-refractivity contribution in [3.63, 3.8) is 0 Å². The van der Waals surface area contributed by atoms with Crippen LogP contribution in [0.5, 0.6) is 0 Å². The summed E-state index contributed by atoms with van der Waals surface area (Å²) in [6.45, 7) is 1.72. The molecular weight excluding hydrogens is 300 g/mol. The van der Waals surface area contributed by atoms with Gasteiger partial charge in [-0.05, 0) is 14.1 Å². The van der Waals surface area contributed by atoms with Crippen LogP contribution in [0.2, 0.25) is 0 Å². The monoisotopic (exact) mass is 318 g/mol. The Morgan fingerprint density at radius 2 is 1.86 bits per heavy atom. The second-order valence-corrected chi connectivity index (χ2v) is 6.03. The van der Waals surface area contributed by atoms with Crippen LogP contribution in [-0.2, 0) is 9.59 Å². The minimum atomic E-state index is -0.174. The van der Waals surface area contributed by atoms with E-state index in [1.165, 1.54) is 18.3 Å². The molecule has 6 nitrogen and oxygen atoms in total. The molecule has 22 heavy (non-hydrogen) atoms. The van der Waals surface area contributed by atoms with Crippen molar-refractivity contribution in [2.24, 2.45) is 0 Å². The topological polar surface area (TPSA) is 74.3 Å². The first-order valence-electron chi connectivity index (χ1n) is 6.74. The summed E-state index contributed by atoms with van der Waals surface area (Å²) in [6.07, 6.45) is 0. The number of benzene rings is 1. The van der Waals surface area contributed by atoms with E-state index < -0.39 is 0 Å². The van der Waals surface area contributed by atoms with E-state index in [0.717, 1.165) is 5.56 Å². The van der Waals surface area contributed by atoms with Crippen LogP contribution in [-0.4, -0.2) is 42.3 Å². The Morgan fingerprint density at radius 1 is 1.18 bits per heavy atom. The molecule has 0 unspecified atom stereocenters. The van der Waals surface area contributed by atoms with Gasteiger partial charge in [0.25, 0.3) is 0 Å². The number of nitrogens with one attached hydrogen (secondary N) is 2. The number of aromatic nitrogens is 1. The Labute approximate surface area is 133 Å². The second kappa shape index (κ2) is 7.15.